The highest BCUT2D eigenvalue weighted by Gasteiger charge is 2.12. The van der Waals surface area contributed by atoms with Gasteiger partial charge in [-0.3, -0.25) is 9.97 Å². The number of aliphatic hydroxyl groups is 1. The van der Waals surface area contributed by atoms with Crippen molar-refractivity contribution in [1.29, 1.82) is 0 Å². The second kappa shape index (κ2) is 4.37. The van der Waals surface area contributed by atoms with Crippen molar-refractivity contribution >= 4 is 0 Å². The Morgan fingerprint density at radius 3 is 2.69 bits per heavy atom. The lowest BCUT2D eigenvalue weighted by Crippen LogP contribution is -2.03. The number of hydrogen-bond donors (Lipinski definition) is 1. The van der Waals surface area contributed by atoms with E-state index in [1.165, 1.54) is 12.3 Å². The molecule has 1 N–H and O–H groups in total. The number of rotatable bonds is 2. The third-order valence-corrected chi connectivity index (χ3v) is 2.26. The summed E-state index contributed by atoms with van der Waals surface area (Å²) in [7, 11) is 0. The van der Waals surface area contributed by atoms with E-state index in [4.69, 9.17) is 0 Å². The number of halogens is 1. The van der Waals surface area contributed by atoms with Crippen molar-refractivity contribution in [3.05, 3.63) is 59.4 Å². The molecule has 2 aromatic rings. The van der Waals surface area contributed by atoms with E-state index in [9.17, 15) is 9.50 Å². The van der Waals surface area contributed by atoms with Crippen LogP contribution in [0.5, 0.6) is 0 Å². The first-order valence-corrected chi connectivity index (χ1v) is 4.88. The van der Waals surface area contributed by atoms with Gasteiger partial charge in [-0.05, 0) is 24.6 Å². The van der Waals surface area contributed by atoms with Crippen LogP contribution < -0.4 is 0 Å². The number of nitrogens with zero attached hydrogens (tertiary/aromatic N) is 2. The largest absolute Gasteiger partial charge is 0.382 e. The molecule has 3 nitrogen and oxygen atoms in total. The van der Waals surface area contributed by atoms with Crippen molar-refractivity contribution < 1.29 is 9.50 Å². The summed E-state index contributed by atoms with van der Waals surface area (Å²) in [6.45, 7) is 1.91. The Morgan fingerprint density at radius 2 is 2.06 bits per heavy atom. The normalized spacial score (nSPS) is 12.4. The third-order valence-electron chi connectivity index (χ3n) is 2.26. The summed E-state index contributed by atoms with van der Waals surface area (Å²) in [5, 5.41) is 9.94. The monoisotopic (exact) mass is 218 g/mol. The lowest BCUT2D eigenvalue weighted by Gasteiger charge is -2.09. The molecule has 0 saturated heterocycles. The van der Waals surface area contributed by atoms with Gasteiger partial charge in [0.15, 0.2) is 0 Å². The lowest BCUT2D eigenvalue weighted by atomic mass is 10.1. The fourth-order valence-electron chi connectivity index (χ4n) is 1.39. The highest BCUT2D eigenvalue weighted by Crippen LogP contribution is 2.19. The van der Waals surface area contributed by atoms with Crippen molar-refractivity contribution in [1.82, 2.24) is 9.97 Å². The minimum atomic E-state index is -0.941. The Hall–Kier alpha value is -1.81. The Kier molecular flexibility index (Phi) is 2.92. The van der Waals surface area contributed by atoms with E-state index in [1.807, 2.05) is 13.0 Å². The first-order valence-electron chi connectivity index (χ1n) is 4.88. The van der Waals surface area contributed by atoms with Crippen LogP contribution in [0.3, 0.4) is 0 Å². The molecule has 0 aliphatic carbocycles. The molecule has 0 radical (unpaired) electrons. The van der Waals surface area contributed by atoms with Crippen LogP contribution in [0.1, 0.15) is 22.9 Å². The summed E-state index contributed by atoms with van der Waals surface area (Å²) < 4.78 is 12.9. The summed E-state index contributed by atoms with van der Waals surface area (Å²) in [5.41, 5.74) is 1.89. The first-order chi connectivity index (χ1) is 7.66. The van der Waals surface area contributed by atoms with Crippen LogP contribution in [-0.4, -0.2) is 15.1 Å². The molecule has 0 bridgehead atoms. The standard InChI is InChI=1S/C12H11FN2O/c1-8-2-3-11(15-5-8)12(16)9-4-10(13)7-14-6-9/h2-7,12,16H,1H3. The second-order valence-electron chi connectivity index (χ2n) is 3.60. The van der Waals surface area contributed by atoms with Gasteiger partial charge in [-0.15, -0.1) is 0 Å². The number of aliphatic hydroxyl groups excluding tert-OH is 1. The zero-order valence-corrected chi connectivity index (χ0v) is 8.76. The lowest BCUT2D eigenvalue weighted by molar-refractivity contribution is 0.214. The molecular formula is C12H11FN2O. The summed E-state index contributed by atoms with van der Waals surface area (Å²) in [5.74, 6) is -0.469. The molecule has 2 rings (SSSR count). The molecular weight excluding hydrogens is 207 g/mol. The van der Waals surface area contributed by atoms with Gasteiger partial charge in [0.1, 0.15) is 11.9 Å². The second-order valence-corrected chi connectivity index (χ2v) is 3.60. The van der Waals surface area contributed by atoms with Crippen LogP contribution in [0.4, 0.5) is 4.39 Å². The zero-order chi connectivity index (χ0) is 11.5. The quantitative estimate of drug-likeness (QED) is 0.838. The van der Waals surface area contributed by atoms with Crippen molar-refractivity contribution in [2.45, 2.75) is 13.0 Å². The Bertz CT molecular complexity index is 485. The molecule has 0 aromatic carbocycles. The van der Waals surface area contributed by atoms with E-state index in [0.717, 1.165) is 11.8 Å². The van der Waals surface area contributed by atoms with E-state index in [-0.39, 0.29) is 0 Å². The Morgan fingerprint density at radius 1 is 1.25 bits per heavy atom. The number of aromatic nitrogens is 2. The molecule has 0 amide bonds. The summed E-state index contributed by atoms with van der Waals surface area (Å²) >= 11 is 0. The average molecular weight is 218 g/mol. The van der Waals surface area contributed by atoms with Gasteiger partial charge in [-0.1, -0.05) is 6.07 Å². The molecule has 0 saturated carbocycles. The molecule has 2 heterocycles. The van der Waals surface area contributed by atoms with Gasteiger partial charge in [0.2, 0.25) is 0 Å². The molecule has 0 aliphatic rings. The van der Waals surface area contributed by atoms with Crippen molar-refractivity contribution in [2.24, 2.45) is 0 Å². The molecule has 16 heavy (non-hydrogen) atoms. The van der Waals surface area contributed by atoms with Gasteiger partial charge in [0.05, 0.1) is 11.9 Å². The predicted molar refractivity (Wildman–Crippen MR) is 57.2 cm³/mol. The number of pyridine rings is 2. The molecule has 0 spiro atoms. The zero-order valence-electron chi connectivity index (χ0n) is 8.76. The van der Waals surface area contributed by atoms with Crippen LogP contribution in [0.2, 0.25) is 0 Å². The van der Waals surface area contributed by atoms with E-state index < -0.39 is 11.9 Å². The molecule has 1 unspecified atom stereocenters. The molecule has 1 atom stereocenters. The maximum absolute atomic E-state index is 12.9. The smallest absolute Gasteiger partial charge is 0.141 e. The average Bonchev–Trinajstić information content (AvgIpc) is 2.29. The minimum Gasteiger partial charge on any atom is -0.382 e. The van der Waals surface area contributed by atoms with Gasteiger partial charge in [-0.2, -0.15) is 0 Å². The van der Waals surface area contributed by atoms with Crippen molar-refractivity contribution in [2.75, 3.05) is 0 Å². The minimum absolute atomic E-state index is 0.399. The Labute approximate surface area is 92.6 Å². The van der Waals surface area contributed by atoms with Gasteiger partial charge in [0, 0.05) is 18.0 Å². The summed E-state index contributed by atoms with van der Waals surface area (Å²) in [4.78, 5) is 7.77. The van der Waals surface area contributed by atoms with Crippen LogP contribution in [0, 0.1) is 12.7 Å². The van der Waals surface area contributed by atoms with E-state index in [0.29, 0.717) is 11.3 Å². The first kappa shape index (κ1) is 10.7. The van der Waals surface area contributed by atoms with Crippen LogP contribution in [-0.2, 0) is 0 Å². The number of aryl methyl sites for hydroxylation is 1. The molecule has 0 aliphatic heterocycles. The highest BCUT2D eigenvalue weighted by atomic mass is 19.1. The van der Waals surface area contributed by atoms with Crippen molar-refractivity contribution in [3.63, 3.8) is 0 Å². The van der Waals surface area contributed by atoms with Gasteiger partial charge < -0.3 is 5.11 Å². The SMILES string of the molecule is Cc1ccc(C(O)c2cncc(F)c2)nc1. The van der Waals surface area contributed by atoms with E-state index in [2.05, 4.69) is 9.97 Å². The molecule has 82 valence electrons. The molecule has 4 heteroatoms. The highest BCUT2D eigenvalue weighted by molar-refractivity contribution is 5.24. The summed E-state index contributed by atoms with van der Waals surface area (Å²) in [6.07, 6.45) is 3.24. The van der Waals surface area contributed by atoms with E-state index in [1.54, 1.807) is 12.3 Å². The van der Waals surface area contributed by atoms with E-state index >= 15 is 0 Å². The number of hydrogen-bond acceptors (Lipinski definition) is 3. The fraction of sp³-hybridized carbons (Fsp3) is 0.167. The molecule has 0 fully saturated rings. The fourth-order valence-corrected chi connectivity index (χ4v) is 1.39. The summed E-state index contributed by atoms with van der Waals surface area (Å²) in [6, 6.07) is 4.81. The van der Waals surface area contributed by atoms with Crippen LogP contribution >= 0.6 is 0 Å². The van der Waals surface area contributed by atoms with Crippen LogP contribution in [0.15, 0.2) is 36.8 Å². The van der Waals surface area contributed by atoms with Gasteiger partial charge in [0.25, 0.3) is 0 Å². The Balaban J connectivity index is 2.31. The third kappa shape index (κ3) is 2.23. The van der Waals surface area contributed by atoms with Gasteiger partial charge >= 0.3 is 0 Å². The maximum Gasteiger partial charge on any atom is 0.141 e. The van der Waals surface area contributed by atoms with Gasteiger partial charge in [-0.25, -0.2) is 4.39 Å². The maximum atomic E-state index is 12.9. The van der Waals surface area contributed by atoms with Crippen molar-refractivity contribution in [3.8, 4) is 0 Å². The predicted octanol–water partition coefficient (Wildman–Crippen LogP) is 2.01. The molecule has 2 aromatic heterocycles. The van der Waals surface area contributed by atoms with Crippen LogP contribution in [0.25, 0.3) is 0 Å². The topological polar surface area (TPSA) is 46.0 Å².